The van der Waals surface area contributed by atoms with Gasteiger partial charge < -0.3 is 15.2 Å². The van der Waals surface area contributed by atoms with Gasteiger partial charge in [0.1, 0.15) is 6.04 Å². The number of aliphatic hydroxyl groups is 1. The fraction of sp³-hybridized carbons (Fsp3) is 0.882. The van der Waals surface area contributed by atoms with Gasteiger partial charge in [0.2, 0.25) is 5.91 Å². The fourth-order valence-electron chi connectivity index (χ4n) is 3.39. The van der Waals surface area contributed by atoms with Crippen LogP contribution in [-0.4, -0.2) is 53.3 Å². The summed E-state index contributed by atoms with van der Waals surface area (Å²) in [5.74, 6) is 0.531. The van der Waals surface area contributed by atoms with Crippen molar-refractivity contribution in [2.75, 3.05) is 13.2 Å². The predicted molar refractivity (Wildman–Crippen MR) is 86.9 cm³/mol. The van der Waals surface area contributed by atoms with Crippen LogP contribution in [-0.2, 0) is 9.53 Å². The second kappa shape index (κ2) is 7.99. The number of hydrogen-bond donors (Lipinski definition) is 2. The van der Waals surface area contributed by atoms with Gasteiger partial charge in [-0.15, -0.1) is 0 Å². The third-order valence-corrected chi connectivity index (χ3v) is 4.80. The third kappa shape index (κ3) is 4.83. The molecule has 1 aliphatic carbocycles. The topological polar surface area (TPSA) is 78.9 Å². The van der Waals surface area contributed by atoms with E-state index >= 15 is 0 Å². The SMILES string of the molecule is CC(C)COC(=O)N1CC(O)CC1C(=O)NC1CCCCC1C. The Morgan fingerprint density at radius 3 is 2.65 bits per heavy atom. The number of carbonyl (C=O) groups is 2. The summed E-state index contributed by atoms with van der Waals surface area (Å²) in [7, 11) is 0. The predicted octanol–water partition coefficient (Wildman–Crippen LogP) is 1.91. The second-order valence-electron chi connectivity index (χ2n) is 7.41. The van der Waals surface area contributed by atoms with E-state index in [-0.39, 0.29) is 30.8 Å². The lowest BCUT2D eigenvalue weighted by Gasteiger charge is -2.31. The highest BCUT2D eigenvalue weighted by molar-refractivity contribution is 5.86. The Hall–Kier alpha value is -1.30. The minimum absolute atomic E-state index is 0.162. The monoisotopic (exact) mass is 326 g/mol. The standard InChI is InChI=1S/C17H30N2O4/c1-11(2)10-23-17(22)19-9-13(20)8-15(19)16(21)18-14-7-5-4-6-12(14)3/h11-15,20H,4-10H2,1-3H3,(H,18,21). The van der Waals surface area contributed by atoms with Crippen LogP contribution >= 0.6 is 0 Å². The molecule has 2 fully saturated rings. The molecule has 0 aromatic rings. The molecule has 1 aliphatic heterocycles. The first-order valence-corrected chi connectivity index (χ1v) is 8.80. The fourth-order valence-corrected chi connectivity index (χ4v) is 3.39. The molecule has 23 heavy (non-hydrogen) atoms. The van der Waals surface area contributed by atoms with Crippen molar-refractivity contribution in [3.05, 3.63) is 0 Å². The van der Waals surface area contributed by atoms with E-state index < -0.39 is 18.2 Å². The first-order valence-electron chi connectivity index (χ1n) is 8.80. The molecule has 1 heterocycles. The van der Waals surface area contributed by atoms with E-state index in [1.54, 1.807) is 0 Å². The van der Waals surface area contributed by atoms with Crippen molar-refractivity contribution < 1.29 is 19.4 Å². The molecule has 1 saturated heterocycles. The lowest BCUT2D eigenvalue weighted by atomic mass is 9.86. The maximum Gasteiger partial charge on any atom is 0.410 e. The van der Waals surface area contributed by atoms with Crippen LogP contribution in [0.4, 0.5) is 4.79 Å². The second-order valence-corrected chi connectivity index (χ2v) is 7.41. The van der Waals surface area contributed by atoms with Crippen LogP contribution in [0.1, 0.15) is 52.9 Å². The van der Waals surface area contributed by atoms with Gasteiger partial charge in [-0.3, -0.25) is 9.69 Å². The molecular weight excluding hydrogens is 296 g/mol. The summed E-state index contributed by atoms with van der Waals surface area (Å²) < 4.78 is 5.22. The van der Waals surface area contributed by atoms with Crippen LogP contribution in [0.25, 0.3) is 0 Å². The molecule has 2 aliphatic rings. The van der Waals surface area contributed by atoms with Crippen molar-refractivity contribution in [1.82, 2.24) is 10.2 Å². The number of ether oxygens (including phenoxy) is 1. The Balaban J connectivity index is 1.94. The van der Waals surface area contributed by atoms with E-state index in [0.717, 1.165) is 19.3 Å². The zero-order chi connectivity index (χ0) is 17.0. The Bertz CT molecular complexity index is 427. The molecule has 0 aromatic heterocycles. The smallest absolute Gasteiger partial charge is 0.410 e. The van der Waals surface area contributed by atoms with Crippen molar-refractivity contribution in [2.45, 2.75) is 71.1 Å². The van der Waals surface area contributed by atoms with Gasteiger partial charge in [0.25, 0.3) is 0 Å². The molecule has 2 N–H and O–H groups in total. The first-order chi connectivity index (χ1) is 10.9. The molecular formula is C17H30N2O4. The third-order valence-electron chi connectivity index (χ3n) is 4.80. The minimum atomic E-state index is -0.666. The van der Waals surface area contributed by atoms with E-state index in [1.165, 1.54) is 11.3 Å². The maximum atomic E-state index is 12.6. The zero-order valence-electron chi connectivity index (χ0n) is 14.5. The number of β-amino-alcohol motifs (C(OH)–C–C–N with tert-alkyl or cyclic N) is 1. The van der Waals surface area contributed by atoms with Gasteiger partial charge in [0.15, 0.2) is 0 Å². The van der Waals surface area contributed by atoms with Crippen LogP contribution in [0.2, 0.25) is 0 Å². The van der Waals surface area contributed by atoms with Gasteiger partial charge in [-0.2, -0.15) is 0 Å². The summed E-state index contributed by atoms with van der Waals surface area (Å²) in [6.07, 6.45) is 3.56. The summed E-state index contributed by atoms with van der Waals surface area (Å²) in [6.45, 7) is 6.55. The van der Waals surface area contributed by atoms with Crippen molar-refractivity contribution in [2.24, 2.45) is 11.8 Å². The largest absolute Gasteiger partial charge is 0.449 e. The summed E-state index contributed by atoms with van der Waals surface area (Å²) in [5, 5.41) is 13.0. The van der Waals surface area contributed by atoms with Crippen LogP contribution in [0.5, 0.6) is 0 Å². The number of rotatable bonds is 4. The summed E-state index contributed by atoms with van der Waals surface area (Å²) in [6, 6.07) is -0.457. The number of amides is 2. The lowest BCUT2D eigenvalue weighted by Crippen LogP contribution is -2.51. The molecule has 0 bridgehead atoms. The maximum absolute atomic E-state index is 12.6. The van der Waals surface area contributed by atoms with Crippen molar-refractivity contribution in [1.29, 1.82) is 0 Å². The van der Waals surface area contributed by atoms with E-state index in [0.29, 0.717) is 12.5 Å². The molecule has 1 saturated carbocycles. The summed E-state index contributed by atoms with van der Waals surface area (Å²) in [4.78, 5) is 26.1. The molecule has 4 unspecified atom stereocenters. The molecule has 0 spiro atoms. The van der Waals surface area contributed by atoms with E-state index in [9.17, 15) is 14.7 Å². The Morgan fingerprint density at radius 2 is 2.00 bits per heavy atom. The first kappa shape index (κ1) is 18.0. The van der Waals surface area contributed by atoms with E-state index in [2.05, 4.69) is 12.2 Å². The van der Waals surface area contributed by atoms with Gasteiger partial charge >= 0.3 is 6.09 Å². The van der Waals surface area contributed by atoms with Crippen LogP contribution < -0.4 is 5.32 Å². The molecule has 0 radical (unpaired) electrons. The molecule has 2 amide bonds. The average Bonchev–Trinajstić information content (AvgIpc) is 2.89. The van der Waals surface area contributed by atoms with E-state index in [1.807, 2.05) is 13.8 Å². The minimum Gasteiger partial charge on any atom is -0.449 e. The van der Waals surface area contributed by atoms with Crippen molar-refractivity contribution in [3.63, 3.8) is 0 Å². The van der Waals surface area contributed by atoms with Gasteiger partial charge in [0.05, 0.1) is 19.3 Å². The molecule has 2 rings (SSSR count). The summed E-state index contributed by atoms with van der Waals surface area (Å²) >= 11 is 0. The highest BCUT2D eigenvalue weighted by atomic mass is 16.6. The number of nitrogens with zero attached hydrogens (tertiary/aromatic N) is 1. The molecule has 6 nitrogen and oxygen atoms in total. The molecule has 6 heteroatoms. The zero-order valence-corrected chi connectivity index (χ0v) is 14.5. The van der Waals surface area contributed by atoms with Crippen LogP contribution in [0.15, 0.2) is 0 Å². The molecule has 0 aromatic carbocycles. The van der Waals surface area contributed by atoms with Crippen molar-refractivity contribution >= 4 is 12.0 Å². The normalized spacial score (nSPS) is 31.3. The lowest BCUT2D eigenvalue weighted by molar-refractivity contribution is -0.126. The van der Waals surface area contributed by atoms with Crippen LogP contribution in [0, 0.1) is 11.8 Å². The molecule has 132 valence electrons. The average molecular weight is 326 g/mol. The number of aliphatic hydroxyl groups excluding tert-OH is 1. The number of hydrogen-bond acceptors (Lipinski definition) is 4. The highest BCUT2D eigenvalue weighted by Crippen LogP contribution is 2.25. The Labute approximate surface area is 138 Å². The van der Waals surface area contributed by atoms with Crippen molar-refractivity contribution in [3.8, 4) is 0 Å². The van der Waals surface area contributed by atoms with Gasteiger partial charge in [0, 0.05) is 12.5 Å². The quantitative estimate of drug-likeness (QED) is 0.827. The van der Waals surface area contributed by atoms with Gasteiger partial charge in [-0.25, -0.2) is 4.79 Å². The van der Waals surface area contributed by atoms with E-state index in [4.69, 9.17) is 4.74 Å². The Kier molecular flexibility index (Phi) is 6.27. The number of nitrogens with one attached hydrogen (secondary N) is 1. The number of carbonyl (C=O) groups excluding carboxylic acids is 2. The molecule has 4 atom stereocenters. The highest BCUT2D eigenvalue weighted by Gasteiger charge is 2.40. The van der Waals surface area contributed by atoms with Gasteiger partial charge in [-0.1, -0.05) is 33.6 Å². The number of likely N-dealkylation sites (tertiary alicyclic amines) is 1. The Morgan fingerprint density at radius 1 is 1.30 bits per heavy atom. The summed E-state index contributed by atoms with van der Waals surface area (Å²) in [5.41, 5.74) is 0. The van der Waals surface area contributed by atoms with Gasteiger partial charge in [-0.05, 0) is 24.7 Å². The van der Waals surface area contributed by atoms with Crippen LogP contribution in [0.3, 0.4) is 0 Å².